The molecular formula is C31H58NO6+. The molecule has 0 fully saturated rings. The number of aliphatic carboxylic acids is 3. The van der Waals surface area contributed by atoms with E-state index in [1.807, 2.05) is 0 Å². The van der Waals surface area contributed by atoms with Gasteiger partial charge in [0.2, 0.25) is 0 Å². The highest BCUT2D eigenvalue weighted by molar-refractivity contribution is 5.77. The highest BCUT2D eigenvalue weighted by atomic mass is 16.4. The van der Waals surface area contributed by atoms with Gasteiger partial charge in [-0.2, -0.15) is 0 Å². The summed E-state index contributed by atoms with van der Waals surface area (Å²) in [6.45, 7) is 6.75. The van der Waals surface area contributed by atoms with E-state index in [-0.39, 0.29) is 6.54 Å². The topological polar surface area (TPSA) is 112 Å². The number of hydrogen-bond acceptors (Lipinski definition) is 3. The number of rotatable bonds is 26. The fourth-order valence-corrected chi connectivity index (χ4v) is 5.54. The molecule has 0 aromatic carbocycles. The Kier molecular flexibility index (Phi) is 20.9. The minimum Gasteiger partial charge on any atom is -0.477 e. The predicted molar refractivity (Wildman–Crippen MR) is 154 cm³/mol. The lowest BCUT2D eigenvalue weighted by Crippen LogP contribution is -2.70. The van der Waals surface area contributed by atoms with Crippen LogP contribution in [0.2, 0.25) is 0 Å². The molecule has 0 saturated heterocycles. The first-order chi connectivity index (χ1) is 18.1. The lowest BCUT2D eigenvalue weighted by Gasteiger charge is -2.47. The zero-order valence-electron chi connectivity index (χ0n) is 24.8. The number of carboxylic acids is 3. The zero-order chi connectivity index (χ0) is 28.8. The second-order valence-electron chi connectivity index (χ2n) is 11.1. The second-order valence-corrected chi connectivity index (χ2v) is 11.1. The number of carbonyl (C=O) groups is 3. The van der Waals surface area contributed by atoms with Crippen LogP contribution in [-0.2, 0) is 14.4 Å². The van der Waals surface area contributed by atoms with Gasteiger partial charge in [0.1, 0.15) is 0 Å². The molecule has 0 aromatic heterocycles. The highest BCUT2D eigenvalue weighted by Crippen LogP contribution is 2.27. The van der Waals surface area contributed by atoms with E-state index >= 15 is 0 Å². The standard InChI is InChI=1S/C31H57NO6/c1-5-6-7-8-9-10-11-12-13-14-15-16-17-18-19-20-21-22-23-24-25-32(26(2)29(33)34,27(3)30(35)36)28(4)31(37)38/h11-12,26-28H,5-10,13-25H2,1-4H3,(H2-,33,34,35,36,37,38)/p+1/b12-11+. The van der Waals surface area contributed by atoms with Crippen molar-refractivity contribution in [3.8, 4) is 0 Å². The number of unbranched alkanes of at least 4 members (excludes halogenated alkanes) is 16. The Morgan fingerprint density at radius 2 is 0.816 bits per heavy atom. The lowest BCUT2D eigenvalue weighted by molar-refractivity contribution is -0.968. The molecule has 0 spiro atoms. The van der Waals surface area contributed by atoms with Crippen molar-refractivity contribution in [2.75, 3.05) is 6.54 Å². The summed E-state index contributed by atoms with van der Waals surface area (Å²) in [7, 11) is 0. The molecule has 0 aliphatic rings. The summed E-state index contributed by atoms with van der Waals surface area (Å²) in [5.41, 5.74) is 0. The van der Waals surface area contributed by atoms with Crippen LogP contribution in [0.1, 0.15) is 143 Å². The van der Waals surface area contributed by atoms with Crippen molar-refractivity contribution < 1.29 is 34.2 Å². The van der Waals surface area contributed by atoms with Crippen molar-refractivity contribution in [1.29, 1.82) is 0 Å². The summed E-state index contributed by atoms with van der Waals surface area (Å²) in [4.78, 5) is 35.4. The van der Waals surface area contributed by atoms with Crippen LogP contribution in [0, 0.1) is 0 Å². The molecule has 222 valence electrons. The minimum absolute atomic E-state index is 0.225. The first-order valence-corrected chi connectivity index (χ1v) is 15.3. The van der Waals surface area contributed by atoms with E-state index in [1.54, 1.807) is 0 Å². The van der Waals surface area contributed by atoms with E-state index in [4.69, 9.17) is 0 Å². The third kappa shape index (κ3) is 14.3. The quantitative estimate of drug-likeness (QED) is 0.0586. The molecule has 0 amide bonds. The van der Waals surface area contributed by atoms with Crippen LogP contribution in [0.3, 0.4) is 0 Å². The van der Waals surface area contributed by atoms with Crippen LogP contribution in [0.25, 0.3) is 0 Å². The molecule has 0 saturated carbocycles. The van der Waals surface area contributed by atoms with E-state index in [9.17, 15) is 29.7 Å². The molecule has 38 heavy (non-hydrogen) atoms. The molecule has 0 aliphatic heterocycles. The minimum atomic E-state index is -1.17. The summed E-state index contributed by atoms with van der Waals surface area (Å²) in [6.07, 6.45) is 26.3. The number of allylic oxidation sites excluding steroid dienone is 2. The maximum absolute atomic E-state index is 11.8. The van der Waals surface area contributed by atoms with E-state index in [0.717, 1.165) is 19.3 Å². The lowest BCUT2D eigenvalue weighted by atomic mass is 10.00. The van der Waals surface area contributed by atoms with Crippen molar-refractivity contribution in [3.05, 3.63) is 12.2 Å². The predicted octanol–water partition coefficient (Wildman–Crippen LogP) is 7.82. The first-order valence-electron chi connectivity index (χ1n) is 15.3. The van der Waals surface area contributed by atoms with Crippen molar-refractivity contribution in [1.82, 2.24) is 0 Å². The molecule has 0 aliphatic carbocycles. The molecule has 0 heterocycles. The Labute approximate surface area is 232 Å². The Hall–Kier alpha value is -1.89. The molecule has 0 radical (unpaired) electrons. The van der Waals surface area contributed by atoms with Gasteiger partial charge in [-0.05, 0) is 59.3 Å². The van der Waals surface area contributed by atoms with Gasteiger partial charge < -0.3 is 15.3 Å². The monoisotopic (exact) mass is 540 g/mol. The third-order valence-electron chi connectivity index (χ3n) is 8.29. The van der Waals surface area contributed by atoms with Crippen molar-refractivity contribution in [2.24, 2.45) is 0 Å². The number of carboxylic acid groups (broad SMARTS) is 3. The SMILES string of the molecule is CCCCCCC/C=C/CCCCCCCCCCCCC[N+](C(C)C(=O)O)(C(C)C(=O)O)C(C)C(=O)O. The van der Waals surface area contributed by atoms with Crippen LogP contribution in [0.5, 0.6) is 0 Å². The van der Waals surface area contributed by atoms with Gasteiger partial charge in [-0.25, -0.2) is 14.4 Å². The molecule has 7 nitrogen and oxygen atoms in total. The van der Waals surface area contributed by atoms with Crippen LogP contribution >= 0.6 is 0 Å². The average molecular weight is 541 g/mol. The van der Waals surface area contributed by atoms with Gasteiger partial charge in [0, 0.05) is 0 Å². The molecule has 3 unspecified atom stereocenters. The van der Waals surface area contributed by atoms with Gasteiger partial charge in [0.05, 0.1) is 6.54 Å². The molecule has 0 rings (SSSR count). The van der Waals surface area contributed by atoms with Gasteiger partial charge in [0.15, 0.2) is 18.1 Å². The summed E-state index contributed by atoms with van der Waals surface area (Å²) < 4.78 is -0.477. The number of nitrogens with zero attached hydrogens (tertiary/aromatic N) is 1. The normalized spacial score (nSPS) is 15.7. The van der Waals surface area contributed by atoms with Crippen LogP contribution in [-0.4, -0.2) is 62.4 Å². The smallest absolute Gasteiger partial charge is 0.362 e. The molecule has 0 bridgehead atoms. The Morgan fingerprint density at radius 1 is 0.526 bits per heavy atom. The maximum atomic E-state index is 11.8. The van der Waals surface area contributed by atoms with E-state index in [0.29, 0.717) is 6.42 Å². The van der Waals surface area contributed by atoms with Gasteiger partial charge >= 0.3 is 17.9 Å². The largest absolute Gasteiger partial charge is 0.477 e. The van der Waals surface area contributed by atoms with Crippen molar-refractivity contribution in [3.63, 3.8) is 0 Å². The molecule has 7 heteroatoms. The zero-order valence-corrected chi connectivity index (χ0v) is 24.8. The van der Waals surface area contributed by atoms with Gasteiger partial charge in [-0.3, -0.25) is 4.48 Å². The fraction of sp³-hybridized carbons (Fsp3) is 0.839. The summed E-state index contributed by atoms with van der Waals surface area (Å²) in [6, 6.07) is -3.37. The van der Waals surface area contributed by atoms with E-state index in [1.165, 1.54) is 111 Å². The first kappa shape index (κ1) is 36.1. The summed E-state index contributed by atoms with van der Waals surface area (Å²) >= 11 is 0. The van der Waals surface area contributed by atoms with Crippen LogP contribution < -0.4 is 0 Å². The Morgan fingerprint density at radius 3 is 1.13 bits per heavy atom. The van der Waals surface area contributed by atoms with Crippen molar-refractivity contribution in [2.45, 2.75) is 161 Å². The van der Waals surface area contributed by atoms with Gasteiger partial charge in [-0.15, -0.1) is 0 Å². The molecule has 0 aromatic rings. The number of quaternary nitrogens is 1. The van der Waals surface area contributed by atoms with Crippen LogP contribution in [0.15, 0.2) is 12.2 Å². The molecule has 3 atom stereocenters. The van der Waals surface area contributed by atoms with Gasteiger partial charge in [-0.1, -0.05) is 96.1 Å². The highest BCUT2D eigenvalue weighted by Gasteiger charge is 2.52. The number of hydrogen-bond donors (Lipinski definition) is 3. The van der Waals surface area contributed by atoms with Crippen LogP contribution in [0.4, 0.5) is 0 Å². The Balaban J connectivity index is 4.09. The fourth-order valence-electron chi connectivity index (χ4n) is 5.54. The molecule has 3 N–H and O–H groups in total. The van der Waals surface area contributed by atoms with Gasteiger partial charge in [0.25, 0.3) is 0 Å². The average Bonchev–Trinajstić information content (AvgIpc) is 2.88. The van der Waals surface area contributed by atoms with Crippen molar-refractivity contribution >= 4 is 17.9 Å². The Bertz CT molecular complexity index is 627. The van der Waals surface area contributed by atoms with E-state index < -0.39 is 40.5 Å². The maximum Gasteiger partial charge on any atom is 0.362 e. The van der Waals surface area contributed by atoms with E-state index in [2.05, 4.69) is 19.1 Å². The second kappa shape index (κ2) is 22.0. The summed E-state index contributed by atoms with van der Waals surface area (Å²) in [5, 5.41) is 28.9. The third-order valence-corrected chi connectivity index (χ3v) is 8.29. The summed E-state index contributed by atoms with van der Waals surface area (Å²) in [5.74, 6) is -3.51. The molecular weight excluding hydrogens is 482 g/mol.